The molecule has 1 nitrogen and oxygen atoms in total. The zero-order chi connectivity index (χ0) is 12.2. The largest absolute Gasteiger partial charge is 0.287 e. The van der Waals surface area contributed by atoms with Gasteiger partial charge in [0.25, 0.3) is 0 Å². The number of carbonyl (C=O) groups excluding carboxylic acids is 1. The third kappa shape index (κ3) is 4.40. The molecule has 0 aliphatic rings. The quantitative estimate of drug-likeness (QED) is 0.793. The summed E-state index contributed by atoms with van der Waals surface area (Å²) in [7, 11) is 0. The molecule has 0 bridgehead atoms. The van der Waals surface area contributed by atoms with E-state index in [2.05, 4.69) is 39.8 Å². The van der Waals surface area contributed by atoms with Gasteiger partial charge in [-0.15, -0.1) is 0 Å². The Morgan fingerprint density at radius 1 is 1.19 bits per heavy atom. The van der Waals surface area contributed by atoms with Crippen LogP contribution in [0.25, 0.3) is 0 Å². The average molecular weight is 236 g/mol. The third-order valence-corrected chi connectivity index (χ3v) is 3.24. The summed E-state index contributed by atoms with van der Waals surface area (Å²) in [6.45, 7) is 8.34. The molecular formula is C14H20OS. The molecule has 0 heterocycles. The van der Waals surface area contributed by atoms with E-state index in [0.29, 0.717) is 6.42 Å². The first kappa shape index (κ1) is 13.3. The Balaban J connectivity index is 2.70. The maximum Gasteiger partial charge on any atom is 0.193 e. The van der Waals surface area contributed by atoms with Crippen molar-refractivity contribution in [1.29, 1.82) is 0 Å². The van der Waals surface area contributed by atoms with Gasteiger partial charge in [0.2, 0.25) is 0 Å². The fraction of sp³-hybridized carbons (Fsp3) is 0.500. The van der Waals surface area contributed by atoms with E-state index < -0.39 is 0 Å². The lowest BCUT2D eigenvalue weighted by Gasteiger charge is -2.16. The summed E-state index contributed by atoms with van der Waals surface area (Å²) in [5, 5.41) is 0.258. The number of hydrogen-bond acceptors (Lipinski definition) is 2. The summed E-state index contributed by atoms with van der Waals surface area (Å²) in [6.07, 6.45) is 1.54. The molecule has 0 aliphatic carbocycles. The summed E-state index contributed by atoms with van der Waals surface area (Å²) in [4.78, 5) is 11.9. The first-order valence-corrected chi connectivity index (χ1v) is 6.52. The molecule has 0 amide bonds. The van der Waals surface area contributed by atoms with Gasteiger partial charge in [-0.25, -0.2) is 0 Å². The first-order chi connectivity index (χ1) is 7.42. The van der Waals surface area contributed by atoms with Crippen LogP contribution in [0.4, 0.5) is 0 Å². The first-order valence-electron chi connectivity index (χ1n) is 5.71. The zero-order valence-electron chi connectivity index (χ0n) is 10.5. The summed E-state index contributed by atoms with van der Waals surface area (Å²) >= 11 is 1.43. The highest BCUT2D eigenvalue weighted by Gasteiger charge is 2.17. The number of benzene rings is 1. The van der Waals surface area contributed by atoms with Crippen molar-refractivity contribution in [3.8, 4) is 0 Å². The minimum Gasteiger partial charge on any atom is -0.287 e. The van der Waals surface area contributed by atoms with Gasteiger partial charge < -0.3 is 0 Å². The molecule has 0 fully saturated rings. The summed E-state index contributed by atoms with van der Waals surface area (Å²) < 4.78 is 0.0121. The van der Waals surface area contributed by atoms with Crippen LogP contribution in [0.1, 0.15) is 38.8 Å². The predicted molar refractivity (Wildman–Crippen MR) is 71.9 cm³/mol. The van der Waals surface area contributed by atoms with E-state index in [4.69, 9.17) is 0 Å². The van der Waals surface area contributed by atoms with Crippen LogP contribution in [-0.4, -0.2) is 9.86 Å². The third-order valence-electron chi connectivity index (χ3n) is 2.25. The van der Waals surface area contributed by atoms with Gasteiger partial charge in [-0.3, -0.25) is 4.79 Å². The summed E-state index contributed by atoms with van der Waals surface area (Å²) in [6, 6.07) is 8.19. The molecule has 1 aromatic carbocycles. The fourth-order valence-electron chi connectivity index (χ4n) is 1.61. The Hall–Kier alpha value is -0.760. The van der Waals surface area contributed by atoms with Crippen molar-refractivity contribution in [2.24, 2.45) is 0 Å². The van der Waals surface area contributed by atoms with Crippen molar-refractivity contribution < 1.29 is 4.79 Å². The summed E-state index contributed by atoms with van der Waals surface area (Å²) in [5.74, 6) is 0. The van der Waals surface area contributed by atoms with E-state index >= 15 is 0 Å². The van der Waals surface area contributed by atoms with Gasteiger partial charge in [0.1, 0.15) is 0 Å². The van der Waals surface area contributed by atoms with Gasteiger partial charge in [-0.1, -0.05) is 63.7 Å². The molecule has 2 heteroatoms. The number of hydrogen-bond donors (Lipinski definition) is 0. The Morgan fingerprint density at radius 2 is 1.75 bits per heavy atom. The highest BCUT2D eigenvalue weighted by atomic mass is 32.2. The van der Waals surface area contributed by atoms with Crippen LogP contribution in [0.2, 0.25) is 0 Å². The molecule has 0 saturated heterocycles. The van der Waals surface area contributed by atoms with Crippen molar-refractivity contribution in [3.05, 3.63) is 35.4 Å². The SMILES string of the molecule is CCc1ccccc1CC(=O)SC(C)(C)C. The predicted octanol–water partition coefficient (Wildman–Crippen LogP) is 3.85. The number of carbonyl (C=O) groups is 1. The van der Waals surface area contributed by atoms with Crippen LogP contribution < -0.4 is 0 Å². The molecule has 0 spiro atoms. The van der Waals surface area contributed by atoms with Crippen molar-refractivity contribution in [2.75, 3.05) is 0 Å². The van der Waals surface area contributed by atoms with Crippen LogP contribution in [0.15, 0.2) is 24.3 Å². The molecule has 0 aromatic heterocycles. The number of thioether (sulfide) groups is 1. The Bertz CT molecular complexity index is 363. The van der Waals surface area contributed by atoms with Crippen molar-refractivity contribution in [2.45, 2.75) is 45.3 Å². The van der Waals surface area contributed by atoms with Gasteiger partial charge in [0, 0.05) is 11.2 Å². The second kappa shape index (κ2) is 5.53. The molecule has 0 aliphatic heterocycles. The standard InChI is InChI=1S/C14H20OS/c1-5-11-8-6-7-9-12(11)10-13(15)16-14(2,3)4/h6-9H,5,10H2,1-4H3. The molecule has 0 radical (unpaired) electrons. The molecule has 0 atom stereocenters. The van der Waals surface area contributed by atoms with Crippen molar-refractivity contribution in [3.63, 3.8) is 0 Å². The number of rotatable bonds is 3. The molecule has 0 N–H and O–H groups in total. The molecule has 0 unspecified atom stereocenters. The van der Waals surface area contributed by atoms with Crippen molar-refractivity contribution >= 4 is 16.9 Å². The van der Waals surface area contributed by atoms with Gasteiger partial charge in [-0.2, -0.15) is 0 Å². The minimum absolute atomic E-state index is 0.0121. The van der Waals surface area contributed by atoms with Gasteiger partial charge in [0.05, 0.1) is 0 Å². The highest BCUT2D eigenvalue weighted by molar-refractivity contribution is 8.14. The van der Waals surface area contributed by atoms with Crippen molar-refractivity contribution in [1.82, 2.24) is 0 Å². The molecule has 1 aromatic rings. The van der Waals surface area contributed by atoms with E-state index in [9.17, 15) is 4.79 Å². The normalized spacial score (nSPS) is 11.5. The van der Waals surface area contributed by atoms with Gasteiger partial charge in [0.15, 0.2) is 5.12 Å². The second-order valence-electron chi connectivity index (χ2n) is 4.89. The molecule has 16 heavy (non-hydrogen) atoms. The van der Waals surface area contributed by atoms with Crippen LogP contribution in [-0.2, 0) is 17.6 Å². The fourth-order valence-corrected chi connectivity index (χ4v) is 2.52. The van der Waals surface area contributed by atoms with E-state index in [1.807, 2.05) is 12.1 Å². The molecule has 88 valence electrons. The lowest BCUT2D eigenvalue weighted by atomic mass is 10.0. The zero-order valence-corrected chi connectivity index (χ0v) is 11.4. The minimum atomic E-state index is 0.0121. The molecule has 0 saturated carbocycles. The van der Waals surface area contributed by atoms with E-state index in [-0.39, 0.29) is 9.86 Å². The molecular weight excluding hydrogens is 216 g/mol. The maximum absolute atomic E-state index is 11.9. The summed E-state index contributed by atoms with van der Waals surface area (Å²) in [5.41, 5.74) is 2.46. The average Bonchev–Trinajstić information content (AvgIpc) is 2.15. The van der Waals surface area contributed by atoms with Crippen LogP contribution in [0, 0.1) is 0 Å². The van der Waals surface area contributed by atoms with E-state index in [1.54, 1.807) is 0 Å². The number of aryl methyl sites for hydroxylation is 1. The highest BCUT2D eigenvalue weighted by Crippen LogP contribution is 2.26. The van der Waals surface area contributed by atoms with Gasteiger partial charge in [-0.05, 0) is 17.5 Å². The monoisotopic (exact) mass is 236 g/mol. The van der Waals surface area contributed by atoms with Crippen LogP contribution in [0.3, 0.4) is 0 Å². The van der Waals surface area contributed by atoms with Crippen LogP contribution >= 0.6 is 11.8 Å². The molecule has 1 rings (SSSR count). The van der Waals surface area contributed by atoms with Gasteiger partial charge >= 0.3 is 0 Å². The Labute approximate surface area is 103 Å². The lowest BCUT2D eigenvalue weighted by molar-refractivity contribution is -0.110. The van der Waals surface area contributed by atoms with E-state index in [1.165, 1.54) is 22.9 Å². The topological polar surface area (TPSA) is 17.1 Å². The Kier molecular flexibility index (Phi) is 4.60. The second-order valence-corrected chi connectivity index (χ2v) is 6.77. The van der Waals surface area contributed by atoms with E-state index in [0.717, 1.165) is 6.42 Å². The lowest BCUT2D eigenvalue weighted by Crippen LogP contribution is -2.13. The van der Waals surface area contributed by atoms with Crippen LogP contribution in [0.5, 0.6) is 0 Å². The Morgan fingerprint density at radius 3 is 2.25 bits per heavy atom. The maximum atomic E-state index is 11.9. The smallest absolute Gasteiger partial charge is 0.193 e.